The third-order valence-electron chi connectivity index (χ3n) is 2.05. The summed E-state index contributed by atoms with van der Waals surface area (Å²) in [5.41, 5.74) is 1.75. The van der Waals surface area contributed by atoms with Gasteiger partial charge in [0.2, 0.25) is 0 Å². The molecule has 0 aliphatic heterocycles. The first-order chi connectivity index (χ1) is 9.27. The summed E-state index contributed by atoms with van der Waals surface area (Å²) < 4.78 is 100. The molecule has 1 rings (SSSR count). The maximum atomic E-state index is 12.9. The van der Waals surface area contributed by atoms with Crippen LogP contribution in [-0.2, 0) is 21.8 Å². The van der Waals surface area contributed by atoms with Gasteiger partial charge in [-0.25, -0.2) is 13.4 Å². The maximum absolute atomic E-state index is 12.9. The third-order valence-corrected chi connectivity index (χ3v) is 3.30. The van der Waals surface area contributed by atoms with Gasteiger partial charge in [-0.15, -0.1) is 13.2 Å². The van der Waals surface area contributed by atoms with Crippen LogP contribution >= 0.6 is 10.7 Å². The number of nitrogens with zero attached hydrogens (tertiary/aromatic N) is 1. The first-order valence-electron chi connectivity index (χ1n) is 4.77. The molecule has 0 fully saturated rings. The van der Waals surface area contributed by atoms with Gasteiger partial charge in [-0.1, -0.05) is 0 Å². The number of hydrogen-bond acceptors (Lipinski definition) is 5. The third kappa shape index (κ3) is 4.35. The van der Waals surface area contributed by atoms with Crippen LogP contribution in [0, 0.1) is 0 Å². The van der Waals surface area contributed by atoms with E-state index in [1.165, 1.54) is 0 Å². The van der Waals surface area contributed by atoms with Crippen LogP contribution in [0.5, 0.6) is 5.75 Å². The lowest BCUT2D eigenvalue weighted by Crippen LogP contribution is -2.23. The predicted octanol–water partition coefficient (Wildman–Crippen LogP) is 2.39. The number of aromatic nitrogens is 1. The maximum Gasteiger partial charge on any atom is 0.573 e. The number of ether oxygens (including phenoxy) is 1. The lowest BCUT2D eigenvalue weighted by Gasteiger charge is -2.18. The van der Waals surface area contributed by atoms with Crippen molar-refractivity contribution < 1.29 is 39.5 Å². The highest BCUT2D eigenvalue weighted by molar-refractivity contribution is 8.13. The fraction of sp³-hybridized carbons (Fsp3) is 0.375. The molecule has 1 heterocycles. The number of hydrogen-bond donors (Lipinski definition) is 1. The average molecular weight is 359 g/mol. The number of rotatable bonds is 3. The minimum Gasteiger partial charge on any atom is -0.403 e. The van der Waals surface area contributed by atoms with E-state index in [1.54, 1.807) is 0 Å². The zero-order valence-electron chi connectivity index (χ0n) is 9.59. The number of pyridine rings is 1. The zero-order chi connectivity index (χ0) is 16.6. The van der Waals surface area contributed by atoms with Crippen molar-refractivity contribution in [2.75, 3.05) is 0 Å². The lowest BCUT2D eigenvalue weighted by molar-refractivity contribution is -0.276. The Labute approximate surface area is 118 Å². The molecular weight excluding hydrogens is 354 g/mol. The van der Waals surface area contributed by atoms with Gasteiger partial charge in [0.05, 0.1) is 6.20 Å². The van der Waals surface area contributed by atoms with Crippen LogP contribution in [0.2, 0.25) is 0 Å². The first kappa shape index (κ1) is 17.8. The Balaban J connectivity index is 3.71. The van der Waals surface area contributed by atoms with E-state index in [0.29, 0.717) is 0 Å². The van der Waals surface area contributed by atoms with Gasteiger partial charge in [0.15, 0.2) is 10.8 Å². The van der Waals surface area contributed by atoms with Crippen LogP contribution in [0.15, 0.2) is 11.2 Å². The molecule has 0 spiro atoms. The normalized spacial score (nSPS) is 13.3. The number of halogens is 7. The topological polar surface area (TPSA) is 82.3 Å². The Morgan fingerprint density at radius 1 is 1.24 bits per heavy atom. The van der Waals surface area contributed by atoms with Gasteiger partial charge in [-0.05, 0) is 0 Å². The molecule has 0 atom stereocenters. The Hall–Kier alpha value is -1.27. The van der Waals surface area contributed by atoms with Crippen LogP contribution in [0.1, 0.15) is 11.1 Å². The molecule has 0 aliphatic rings. The van der Waals surface area contributed by atoms with E-state index < -0.39 is 50.0 Å². The summed E-state index contributed by atoms with van der Waals surface area (Å²) in [6, 6.07) is 0. The molecule has 1 aromatic rings. The van der Waals surface area contributed by atoms with Crippen LogP contribution in [0.3, 0.4) is 0 Å². The molecule has 0 aliphatic carbocycles. The van der Waals surface area contributed by atoms with Crippen molar-refractivity contribution in [2.24, 2.45) is 5.73 Å². The van der Waals surface area contributed by atoms with Crippen molar-refractivity contribution in [3.8, 4) is 5.75 Å². The van der Waals surface area contributed by atoms with Crippen LogP contribution in [0.4, 0.5) is 26.3 Å². The summed E-state index contributed by atoms with van der Waals surface area (Å²) in [5, 5.41) is -1.28. The summed E-state index contributed by atoms with van der Waals surface area (Å²) in [5.74, 6) is -1.72. The molecule has 120 valence electrons. The quantitative estimate of drug-likeness (QED) is 0.662. The molecule has 21 heavy (non-hydrogen) atoms. The molecule has 0 amide bonds. The van der Waals surface area contributed by atoms with E-state index in [1.807, 2.05) is 0 Å². The Morgan fingerprint density at radius 2 is 1.76 bits per heavy atom. The second kappa shape index (κ2) is 5.50. The van der Waals surface area contributed by atoms with Crippen LogP contribution < -0.4 is 10.5 Å². The molecule has 1 aromatic heterocycles. The molecule has 0 unspecified atom stereocenters. The van der Waals surface area contributed by atoms with Crippen molar-refractivity contribution in [1.82, 2.24) is 4.98 Å². The zero-order valence-corrected chi connectivity index (χ0v) is 11.2. The predicted molar refractivity (Wildman–Crippen MR) is 56.9 cm³/mol. The van der Waals surface area contributed by atoms with Gasteiger partial charge in [-0.2, -0.15) is 13.2 Å². The van der Waals surface area contributed by atoms with Crippen LogP contribution in [-0.4, -0.2) is 19.8 Å². The second-order valence-electron chi connectivity index (χ2n) is 3.47. The molecule has 0 saturated carbocycles. The highest BCUT2D eigenvalue weighted by atomic mass is 35.7. The highest BCUT2D eigenvalue weighted by Gasteiger charge is 2.43. The minimum absolute atomic E-state index is 0.0370. The van der Waals surface area contributed by atoms with Crippen molar-refractivity contribution in [3.63, 3.8) is 0 Å². The van der Waals surface area contributed by atoms with Crippen molar-refractivity contribution in [2.45, 2.75) is 24.1 Å². The Morgan fingerprint density at radius 3 is 2.10 bits per heavy atom. The van der Waals surface area contributed by atoms with Crippen LogP contribution in [0.25, 0.3) is 0 Å². The van der Waals surface area contributed by atoms with E-state index in [4.69, 9.17) is 16.4 Å². The number of alkyl halides is 6. The monoisotopic (exact) mass is 358 g/mol. The Bertz CT molecular complexity index is 643. The SMILES string of the molecule is NCc1c(S(=O)(=O)Cl)ncc(OC(F)(F)F)c1C(F)(F)F. The summed E-state index contributed by atoms with van der Waals surface area (Å²) >= 11 is 0. The minimum atomic E-state index is -5.44. The van der Waals surface area contributed by atoms with E-state index in [9.17, 15) is 34.8 Å². The molecule has 5 nitrogen and oxygen atoms in total. The van der Waals surface area contributed by atoms with Gasteiger partial charge in [0.25, 0.3) is 9.05 Å². The molecule has 0 bridgehead atoms. The largest absolute Gasteiger partial charge is 0.573 e. The van der Waals surface area contributed by atoms with E-state index in [2.05, 4.69) is 9.72 Å². The van der Waals surface area contributed by atoms with E-state index >= 15 is 0 Å². The van der Waals surface area contributed by atoms with Gasteiger partial charge in [-0.3, -0.25) is 0 Å². The standard InChI is InChI=1S/C8H5ClF6N2O3S/c9-21(18,19)6-3(1-16)5(7(10,11)12)4(2-17-6)20-8(13,14)15/h2H,1,16H2. The van der Waals surface area contributed by atoms with Gasteiger partial charge in [0, 0.05) is 22.8 Å². The number of nitrogens with two attached hydrogens (primary N) is 1. The molecule has 13 heteroatoms. The summed E-state index contributed by atoms with van der Waals surface area (Å²) in [6.07, 6.45) is -10.8. The molecule has 0 radical (unpaired) electrons. The summed E-state index contributed by atoms with van der Waals surface area (Å²) in [6.45, 7) is -1.07. The van der Waals surface area contributed by atoms with E-state index in [0.717, 1.165) is 0 Å². The molecule has 0 saturated heterocycles. The smallest absolute Gasteiger partial charge is 0.403 e. The van der Waals surface area contributed by atoms with Gasteiger partial charge >= 0.3 is 12.5 Å². The van der Waals surface area contributed by atoms with E-state index in [-0.39, 0.29) is 6.20 Å². The average Bonchev–Trinajstić information content (AvgIpc) is 2.22. The highest BCUT2D eigenvalue weighted by Crippen LogP contribution is 2.42. The Kier molecular flexibility index (Phi) is 4.65. The second-order valence-corrected chi connectivity index (χ2v) is 5.95. The molecule has 0 aromatic carbocycles. The van der Waals surface area contributed by atoms with Crippen molar-refractivity contribution in [3.05, 3.63) is 17.3 Å². The first-order valence-corrected chi connectivity index (χ1v) is 7.08. The fourth-order valence-electron chi connectivity index (χ4n) is 1.43. The molecular formula is C8H5ClF6N2O3S. The molecule has 2 N–H and O–H groups in total. The lowest BCUT2D eigenvalue weighted by atomic mass is 10.1. The van der Waals surface area contributed by atoms with Crippen molar-refractivity contribution >= 4 is 19.7 Å². The van der Waals surface area contributed by atoms with Gasteiger partial charge in [0.1, 0.15) is 5.56 Å². The summed E-state index contributed by atoms with van der Waals surface area (Å²) in [7, 11) is 0.129. The summed E-state index contributed by atoms with van der Waals surface area (Å²) in [4.78, 5) is 2.95. The fourth-order valence-corrected chi connectivity index (χ4v) is 2.48. The van der Waals surface area contributed by atoms with Gasteiger partial charge < -0.3 is 10.5 Å². The van der Waals surface area contributed by atoms with Crippen molar-refractivity contribution in [1.29, 1.82) is 0 Å².